The Morgan fingerprint density at radius 2 is 0.578 bits per heavy atom. The van der Waals surface area contributed by atoms with Gasteiger partial charge in [0.2, 0.25) is 23.6 Å². The third kappa shape index (κ3) is 15.6. The highest BCUT2D eigenvalue weighted by atomic mass is 16.5. The molecule has 666 valence electrons. The summed E-state index contributed by atoms with van der Waals surface area (Å²) in [5.41, 5.74) is 1.12. The lowest BCUT2D eigenvalue weighted by Gasteiger charge is -2.36. The zero-order valence-electron chi connectivity index (χ0n) is 74.2. The average molecular weight is 1730 g/mol. The van der Waals surface area contributed by atoms with Crippen molar-refractivity contribution in [1.29, 1.82) is 0 Å². The second kappa shape index (κ2) is 34.7. The maximum absolute atomic E-state index is 13.4. The second-order valence-electron chi connectivity index (χ2n) is 39.7. The van der Waals surface area contributed by atoms with Crippen molar-refractivity contribution in [1.82, 2.24) is 37.9 Å². The summed E-state index contributed by atoms with van der Waals surface area (Å²) in [6.45, 7) is 9.05. The van der Waals surface area contributed by atoms with Gasteiger partial charge in [0.15, 0.2) is 0 Å². The molecule has 8 amide bonds. The van der Waals surface area contributed by atoms with E-state index in [1.54, 1.807) is 54.6 Å². The topological polar surface area (TPSA) is 315 Å². The lowest BCUT2D eigenvalue weighted by atomic mass is 9.59. The number of likely N-dealkylation sites (tertiary alicyclic amines) is 2. The van der Waals surface area contributed by atoms with Gasteiger partial charge in [-0.25, -0.2) is 4.57 Å². The molecule has 4 aromatic heterocycles. The van der Waals surface area contributed by atoms with Gasteiger partial charge >= 0.3 is 0 Å². The van der Waals surface area contributed by atoms with Crippen LogP contribution < -0.4 is 49.2 Å². The van der Waals surface area contributed by atoms with Crippen LogP contribution in [0, 0.1) is 83.9 Å². The van der Waals surface area contributed by atoms with Crippen LogP contribution in [0.3, 0.4) is 0 Å². The van der Waals surface area contributed by atoms with Crippen molar-refractivity contribution in [3.8, 4) is 28.3 Å². The molecule has 2 saturated heterocycles. The molecule has 8 heterocycles. The quantitative estimate of drug-likeness (QED) is 0.0968. The van der Waals surface area contributed by atoms with Crippen LogP contribution in [0.4, 0.5) is 0 Å². The number of nitrogens with zero attached hydrogens (tertiary/aromatic N) is 8. The maximum atomic E-state index is 13.4. The summed E-state index contributed by atoms with van der Waals surface area (Å²) in [4.78, 5) is 208. The van der Waals surface area contributed by atoms with Crippen molar-refractivity contribution in [2.45, 2.75) is 219 Å². The van der Waals surface area contributed by atoms with E-state index in [1.807, 2.05) is 37.3 Å². The molecule has 25 nitrogen and oxygen atoms in total. The first-order valence-electron chi connectivity index (χ1n) is 46.7. The summed E-state index contributed by atoms with van der Waals surface area (Å²) in [6, 6.07) is 30.0. The fourth-order valence-electron chi connectivity index (χ4n) is 23.8. The molecule has 7 saturated carbocycles. The molecule has 0 N–H and O–H groups in total. The maximum Gasteiger partial charge on any atom is 0.266 e. The summed E-state index contributed by atoms with van der Waals surface area (Å²) in [6.07, 6.45) is 31.8. The number of carbonyl (C=O) groups is 8. The molecule has 7 aliphatic carbocycles. The van der Waals surface area contributed by atoms with Gasteiger partial charge in [0.1, 0.15) is 11.5 Å². The molecule has 0 radical (unpaired) electrons. The van der Waals surface area contributed by atoms with E-state index in [9.17, 15) is 76.7 Å². The molecule has 21 rings (SSSR count). The number of ether oxygens (including phenoxy) is 1. The predicted octanol–water partition coefficient (Wildman–Crippen LogP) is 14.5. The van der Waals surface area contributed by atoms with E-state index in [2.05, 4.69) is 20.8 Å². The minimum absolute atomic E-state index is 0.0300. The predicted molar refractivity (Wildman–Crippen MR) is 486 cm³/mol. The van der Waals surface area contributed by atoms with E-state index >= 15 is 0 Å². The molecule has 11 aliphatic rings. The molecule has 10 aromatic rings. The highest BCUT2D eigenvalue weighted by Gasteiger charge is 2.73. The Bertz CT molecular complexity index is 6420. The van der Waals surface area contributed by atoms with E-state index in [0.717, 1.165) is 153 Å². The third-order valence-electron chi connectivity index (χ3n) is 31.7. The van der Waals surface area contributed by atoms with Crippen LogP contribution >= 0.6 is 0 Å². The van der Waals surface area contributed by atoms with Crippen LogP contribution in [0.25, 0.3) is 59.9 Å². The summed E-state index contributed by atoms with van der Waals surface area (Å²) in [7, 11) is 5.71. The molecule has 9 fully saturated rings. The number of fused-ring (bicyclic) bond motifs is 10. The van der Waals surface area contributed by atoms with Crippen LogP contribution in [-0.4, -0.2) is 111 Å². The smallest absolute Gasteiger partial charge is 0.266 e. The molecule has 4 unspecified atom stereocenters. The van der Waals surface area contributed by atoms with E-state index in [4.69, 9.17) is 4.74 Å². The molecule has 0 bridgehead atoms. The number of benzene rings is 6. The molecular weight excluding hydrogens is 1620 g/mol. The summed E-state index contributed by atoms with van der Waals surface area (Å²) in [5.74, 6) is 4.18. The van der Waals surface area contributed by atoms with Gasteiger partial charge in [-0.05, 0) is 253 Å². The number of carbonyl (C=O) groups excluding carboxylic acids is 8. The van der Waals surface area contributed by atoms with E-state index in [1.165, 1.54) is 163 Å². The number of aryl methyl sites for hydroxylation is 1. The fraction of sp³-hybridized carbons (Fsp3) is 0.495. The molecular formula is C103H112N8O17. The van der Waals surface area contributed by atoms with Gasteiger partial charge < -0.3 is 4.74 Å². The van der Waals surface area contributed by atoms with E-state index < -0.39 is 57.0 Å². The van der Waals surface area contributed by atoms with Crippen molar-refractivity contribution < 1.29 is 43.1 Å². The Morgan fingerprint density at radius 3 is 0.961 bits per heavy atom. The molecule has 6 aromatic carbocycles. The third-order valence-corrected chi connectivity index (χ3v) is 31.7. The van der Waals surface area contributed by atoms with Gasteiger partial charge in [0.25, 0.3) is 68.1 Å². The van der Waals surface area contributed by atoms with Gasteiger partial charge in [0, 0.05) is 46.3 Å². The van der Waals surface area contributed by atoms with Crippen LogP contribution in [0.15, 0.2) is 148 Å². The van der Waals surface area contributed by atoms with Gasteiger partial charge in [-0.1, -0.05) is 128 Å². The number of aromatic nitrogens is 4. The monoisotopic (exact) mass is 1730 g/mol. The normalized spacial score (nSPS) is 27.5. The number of imide groups is 4. The van der Waals surface area contributed by atoms with E-state index in [-0.39, 0.29) is 120 Å². The summed E-state index contributed by atoms with van der Waals surface area (Å²) >= 11 is 0. The van der Waals surface area contributed by atoms with Gasteiger partial charge in [-0.15, -0.1) is 0 Å². The largest absolute Gasteiger partial charge is 0.457 e. The molecule has 25 heteroatoms. The average Bonchev–Trinajstić information content (AvgIpc) is 1.52. The Kier molecular flexibility index (Phi) is 23.6. The fourth-order valence-corrected chi connectivity index (χ4v) is 23.8. The van der Waals surface area contributed by atoms with Crippen molar-refractivity contribution in [3.63, 3.8) is 0 Å². The minimum atomic E-state index is -0.594. The van der Waals surface area contributed by atoms with Crippen molar-refractivity contribution in [3.05, 3.63) is 220 Å². The zero-order valence-corrected chi connectivity index (χ0v) is 74.2. The van der Waals surface area contributed by atoms with E-state index in [0.29, 0.717) is 57.2 Å². The van der Waals surface area contributed by atoms with Crippen LogP contribution in [0.2, 0.25) is 0 Å². The molecule has 0 spiro atoms. The Labute approximate surface area is 739 Å². The first-order valence-corrected chi connectivity index (χ1v) is 46.7. The highest BCUT2D eigenvalue weighted by Crippen LogP contribution is 2.57. The Morgan fingerprint density at radius 1 is 0.281 bits per heavy atom. The Hall–Kier alpha value is -11.8. The number of amides is 8. The van der Waals surface area contributed by atoms with Crippen LogP contribution in [0.1, 0.15) is 247 Å². The first kappa shape index (κ1) is 87.0. The highest BCUT2D eigenvalue weighted by molar-refractivity contribution is 6.23. The minimum Gasteiger partial charge on any atom is -0.457 e. The van der Waals surface area contributed by atoms with Crippen molar-refractivity contribution in [2.24, 2.45) is 91.0 Å². The lowest BCUT2D eigenvalue weighted by molar-refractivity contribution is -0.146. The second-order valence-corrected chi connectivity index (χ2v) is 39.7. The summed E-state index contributed by atoms with van der Waals surface area (Å²) in [5, 5.41) is 1.46. The molecule has 128 heavy (non-hydrogen) atoms. The number of rotatable bonds is 13. The van der Waals surface area contributed by atoms with Crippen molar-refractivity contribution >= 4 is 90.3 Å². The number of hydrogen-bond donors (Lipinski definition) is 0. The number of hydrogen-bond acceptors (Lipinski definition) is 17. The van der Waals surface area contributed by atoms with Crippen LogP contribution in [0.5, 0.6) is 11.5 Å². The molecule has 4 aliphatic heterocycles. The SMILES string of the molecule is CC1CCC(CC2CCC(N3C(=O)C4C5C(=O)N(C)C(=O)C5C4C3=O)CC2)CC1.CC1CCC(CC2CCC(N3C(=O)c4ccc(-c5ccc6c(c5)C(=O)N(C)C6=O)cc4C3=O)CC2)CC1.CC1CCC(CC2CCC(n3c(=O)c4cc5c(=O)n(C)c(=O)c5cc4c3=O)CC2)CC1.Cc1ccc(Oc2ccc(-n3c(=O)c4cc5c(=O)n(C)c(=O)c5cc4c3=O)cc2)cc1. The van der Waals surface area contributed by atoms with Crippen molar-refractivity contribution in [2.75, 3.05) is 14.1 Å². The van der Waals surface area contributed by atoms with Gasteiger partial charge in [-0.2, -0.15) is 0 Å². The summed E-state index contributed by atoms with van der Waals surface area (Å²) < 4.78 is 10.2. The van der Waals surface area contributed by atoms with Gasteiger partial charge in [0.05, 0.1) is 94.7 Å². The Balaban J connectivity index is 0.000000116. The van der Waals surface area contributed by atoms with Gasteiger partial charge in [-0.3, -0.25) is 110 Å². The standard InChI is InChI=1S/C31H34N2O4.C25H30N2O4.C24H16N2O5.C23H32N2O4/c1-18-3-5-19(6-4-18)15-20-7-11-23(12-8-20)33-30(36)25-14-10-22(17-27(25)31(33)37)21-9-13-24-26(16-21)29(35)32(2)28(24)34;1-14-3-5-15(6-4-14)11-16-7-9-17(10-8-16)27-24(30)20-12-18-19(13-21(20)25(27)31)23(29)26(2)22(18)28;1-13-3-7-15(8-4-13)31-16-9-5-14(6-10-16)26-23(29)19-11-17-18(12-20(19)24(26)30)22(28)25(2)21(17)27;1-12-3-5-13(6-4-12)11-14-7-9-15(10-8-14)25-22(28)18-16-17(19(18)23(25)29)21(27)24(2)20(16)26/h9-10,13-14,16-20,23H,3-8,11-12,15H2,1-2H3;12-17H,3-11H2,1-2H3;3-12H,1-2H3;12-19H,3-11H2,1-2H3. The molecule has 4 atom stereocenters. The first-order chi connectivity index (χ1) is 61.4. The lowest BCUT2D eigenvalue weighted by Crippen LogP contribution is -2.50. The van der Waals surface area contributed by atoms with Crippen LogP contribution in [-0.2, 0) is 33.3 Å². The zero-order chi connectivity index (χ0) is 90.0.